The quantitative estimate of drug-likeness (QED) is 0.768. The molecule has 0 bridgehead atoms. The molecule has 2 aromatic heterocycles. The van der Waals surface area contributed by atoms with E-state index in [-0.39, 0.29) is 5.91 Å². The minimum atomic E-state index is -0.139. The van der Waals surface area contributed by atoms with Gasteiger partial charge in [0.2, 0.25) is 5.95 Å². The van der Waals surface area contributed by atoms with Crippen LogP contribution in [-0.4, -0.2) is 33.8 Å². The van der Waals surface area contributed by atoms with Gasteiger partial charge in [-0.05, 0) is 36.9 Å². The third kappa shape index (κ3) is 2.92. The molecule has 0 spiro atoms. The van der Waals surface area contributed by atoms with Crippen LogP contribution < -0.4 is 10.6 Å². The van der Waals surface area contributed by atoms with Crippen molar-refractivity contribution >= 4 is 33.3 Å². The van der Waals surface area contributed by atoms with Crippen LogP contribution in [0.3, 0.4) is 0 Å². The predicted octanol–water partition coefficient (Wildman–Crippen LogP) is 2.75. The molecule has 0 aliphatic carbocycles. The number of piperidine rings is 1. The van der Waals surface area contributed by atoms with Gasteiger partial charge in [-0.3, -0.25) is 10.1 Å². The molecule has 1 fully saturated rings. The number of aromatic nitrogens is 3. The Kier molecular flexibility index (Phi) is 4.03. The molecule has 1 atom stereocenters. The number of nitrogens with zero attached hydrogens (tertiary/aromatic N) is 3. The molecule has 1 unspecified atom stereocenters. The molecular weight excluding hydrogens is 322 g/mol. The fourth-order valence-corrected chi connectivity index (χ4v) is 3.97. The SMILES string of the molecule is Cn1nc(C2CCCNC2)nc1NC(=O)c1cc2ccccc2s1. The van der Waals surface area contributed by atoms with Crippen molar-refractivity contribution in [3.05, 3.63) is 41.0 Å². The minimum absolute atomic E-state index is 0.139. The number of carbonyl (C=O) groups excluding carboxylic acids is 1. The van der Waals surface area contributed by atoms with Crippen LogP contribution in [0.2, 0.25) is 0 Å². The van der Waals surface area contributed by atoms with E-state index in [9.17, 15) is 4.79 Å². The molecule has 1 aliphatic heterocycles. The highest BCUT2D eigenvalue weighted by atomic mass is 32.1. The van der Waals surface area contributed by atoms with E-state index in [0.29, 0.717) is 16.7 Å². The highest BCUT2D eigenvalue weighted by Gasteiger charge is 2.21. The monoisotopic (exact) mass is 341 g/mol. The first-order valence-corrected chi connectivity index (χ1v) is 8.94. The molecule has 1 amide bonds. The van der Waals surface area contributed by atoms with Gasteiger partial charge in [-0.15, -0.1) is 11.3 Å². The second kappa shape index (κ2) is 6.33. The summed E-state index contributed by atoms with van der Waals surface area (Å²) in [6, 6.07) is 9.90. The van der Waals surface area contributed by atoms with Crippen molar-refractivity contribution in [3.63, 3.8) is 0 Å². The largest absolute Gasteiger partial charge is 0.316 e. The molecule has 1 aromatic carbocycles. The van der Waals surface area contributed by atoms with E-state index >= 15 is 0 Å². The van der Waals surface area contributed by atoms with Crippen molar-refractivity contribution in [1.29, 1.82) is 0 Å². The molecule has 1 aliphatic rings. The number of fused-ring (bicyclic) bond motifs is 1. The Morgan fingerprint density at radius 3 is 3.08 bits per heavy atom. The third-order valence-electron chi connectivity index (χ3n) is 4.32. The topological polar surface area (TPSA) is 71.8 Å². The highest BCUT2D eigenvalue weighted by molar-refractivity contribution is 7.20. The summed E-state index contributed by atoms with van der Waals surface area (Å²) in [5, 5.41) is 11.8. The standard InChI is InChI=1S/C17H19N5OS/c1-22-17(19-15(21-22)12-6-4-8-18-10-12)20-16(23)14-9-11-5-2-3-7-13(11)24-14/h2-3,5,7,9,12,18H,4,6,8,10H2,1H3,(H,19,20,21,23). The fraction of sp³-hybridized carbons (Fsp3) is 0.353. The number of carbonyl (C=O) groups is 1. The molecule has 124 valence electrons. The zero-order valence-electron chi connectivity index (χ0n) is 13.5. The number of nitrogens with one attached hydrogen (secondary N) is 2. The maximum absolute atomic E-state index is 12.5. The van der Waals surface area contributed by atoms with Crippen molar-refractivity contribution in [2.75, 3.05) is 18.4 Å². The van der Waals surface area contributed by atoms with Crippen molar-refractivity contribution in [2.24, 2.45) is 7.05 Å². The summed E-state index contributed by atoms with van der Waals surface area (Å²) in [6.07, 6.45) is 2.22. The first kappa shape index (κ1) is 15.3. The lowest BCUT2D eigenvalue weighted by Crippen LogP contribution is -2.29. The molecule has 6 nitrogen and oxygen atoms in total. The Balaban J connectivity index is 1.53. The van der Waals surface area contributed by atoms with E-state index in [0.717, 1.165) is 41.8 Å². The number of rotatable bonds is 3. The minimum Gasteiger partial charge on any atom is -0.316 e. The first-order valence-electron chi connectivity index (χ1n) is 8.12. The summed E-state index contributed by atoms with van der Waals surface area (Å²) in [6.45, 7) is 1.95. The number of hydrogen-bond acceptors (Lipinski definition) is 5. The molecule has 3 heterocycles. The number of thiophene rings is 1. The van der Waals surface area contributed by atoms with Crippen molar-refractivity contribution < 1.29 is 4.79 Å². The average Bonchev–Trinajstić information content (AvgIpc) is 3.20. The van der Waals surface area contributed by atoms with E-state index in [1.165, 1.54) is 11.3 Å². The number of hydrogen-bond donors (Lipinski definition) is 2. The van der Waals surface area contributed by atoms with Crippen LogP contribution in [0.25, 0.3) is 10.1 Å². The van der Waals surface area contributed by atoms with E-state index in [4.69, 9.17) is 0 Å². The predicted molar refractivity (Wildman–Crippen MR) is 95.6 cm³/mol. The van der Waals surface area contributed by atoms with Gasteiger partial charge in [0.1, 0.15) is 0 Å². The van der Waals surface area contributed by atoms with Crippen LogP contribution in [-0.2, 0) is 7.05 Å². The maximum atomic E-state index is 12.5. The summed E-state index contributed by atoms with van der Waals surface area (Å²) >= 11 is 1.49. The van der Waals surface area contributed by atoms with Gasteiger partial charge in [-0.2, -0.15) is 10.1 Å². The van der Waals surface area contributed by atoms with Crippen molar-refractivity contribution in [3.8, 4) is 0 Å². The lowest BCUT2D eigenvalue weighted by Gasteiger charge is -2.19. The number of amides is 1. The normalized spacial score (nSPS) is 18.0. The van der Waals surface area contributed by atoms with Gasteiger partial charge >= 0.3 is 0 Å². The molecule has 0 saturated carbocycles. The van der Waals surface area contributed by atoms with Gasteiger partial charge in [0.25, 0.3) is 5.91 Å². The number of benzene rings is 1. The van der Waals surface area contributed by atoms with E-state index in [2.05, 4.69) is 20.7 Å². The van der Waals surface area contributed by atoms with Crippen LogP contribution >= 0.6 is 11.3 Å². The third-order valence-corrected chi connectivity index (χ3v) is 5.43. The van der Waals surface area contributed by atoms with Gasteiger partial charge in [-0.1, -0.05) is 18.2 Å². The van der Waals surface area contributed by atoms with Gasteiger partial charge in [0.15, 0.2) is 5.82 Å². The van der Waals surface area contributed by atoms with Gasteiger partial charge in [-0.25, -0.2) is 4.68 Å². The Hall–Kier alpha value is -2.25. The Morgan fingerprint density at radius 2 is 2.29 bits per heavy atom. The Morgan fingerprint density at radius 1 is 1.42 bits per heavy atom. The second-order valence-corrected chi connectivity index (χ2v) is 7.15. The van der Waals surface area contributed by atoms with E-state index < -0.39 is 0 Å². The summed E-state index contributed by atoms with van der Waals surface area (Å²) < 4.78 is 2.75. The van der Waals surface area contributed by atoms with Crippen LogP contribution in [0, 0.1) is 0 Å². The van der Waals surface area contributed by atoms with Crippen molar-refractivity contribution in [2.45, 2.75) is 18.8 Å². The average molecular weight is 341 g/mol. The van der Waals surface area contributed by atoms with Crippen molar-refractivity contribution in [1.82, 2.24) is 20.1 Å². The van der Waals surface area contributed by atoms with Crippen LogP contribution in [0.15, 0.2) is 30.3 Å². The molecular formula is C17H19N5OS. The molecule has 7 heteroatoms. The first-order chi connectivity index (χ1) is 11.7. The van der Waals surface area contributed by atoms with Crippen LogP contribution in [0.1, 0.15) is 34.3 Å². The van der Waals surface area contributed by atoms with E-state index in [1.54, 1.807) is 4.68 Å². The molecule has 4 rings (SSSR count). The summed E-state index contributed by atoms with van der Waals surface area (Å²) in [5.41, 5.74) is 0. The zero-order valence-corrected chi connectivity index (χ0v) is 14.3. The Labute approximate surface area is 143 Å². The summed E-state index contributed by atoms with van der Waals surface area (Å²) in [7, 11) is 1.81. The molecule has 1 saturated heterocycles. The highest BCUT2D eigenvalue weighted by Crippen LogP contribution is 2.26. The summed E-state index contributed by atoms with van der Waals surface area (Å²) in [4.78, 5) is 17.7. The van der Waals surface area contributed by atoms with Crippen LogP contribution in [0.5, 0.6) is 0 Å². The van der Waals surface area contributed by atoms with Gasteiger partial charge < -0.3 is 5.32 Å². The number of anilines is 1. The molecule has 3 aromatic rings. The lowest BCUT2D eigenvalue weighted by molar-refractivity contribution is 0.102. The summed E-state index contributed by atoms with van der Waals surface area (Å²) in [5.74, 6) is 1.48. The van der Waals surface area contributed by atoms with Crippen LogP contribution in [0.4, 0.5) is 5.95 Å². The van der Waals surface area contributed by atoms with Gasteiger partial charge in [0, 0.05) is 24.2 Å². The second-order valence-electron chi connectivity index (χ2n) is 6.06. The fourth-order valence-electron chi connectivity index (χ4n) is 3.02. The Bertz CT molecular complexity index is 845. The number of aryl methyl sites for hydroxylation is 1. The molecule has 0 radical (unpaired) electrons. The smallest absolute Gasteiger partial charge is 0.268 e. The van der Waals surface area contributed by atoms with E-state index in [1.807, 2.05) is 37.4 Å². The molecule has 2 N–H and O–H groups in total. The molecule has 24 heavy (non-hydrogen) atoms. The lowest BCUT2D eigenvalue weighted by atomic mass is 9.99. The van der Waals surface area contributed by atoms with Gasteiger partial charge in [0.05, 0.1) is 4.88 Å². The maximum Gasteiger partial charge on any atom is 0.268 e. The zero-order chi connectivity index (χ0) is 16.5.